The quantitative estimate of drug-likeness (QED) is 0.529. The summed E-state index contributed by atoms with van der Waals surface area (Å²) in [7, 11) is 1.74. The Morgan fingerprint density at radius 3 is 0.769 bits per heavy atom. The Kier molecular flexibility index (Phi) is 42.3. The van der Waals surface area contributed by atoms with Gasteiger partial charge in [0.05, 0.1) is 11.2 Å². The van der Waals surface area contributed by atoms with Crippen molar-refractivity contribution in [2.24, 2.45) is 5.41 Å². The van der Waals surface area contributed by atoms with E-state index in [4.69, 9.17) is 9.84 Å². The largest absolute Gasteiger partial charge is 0.390 e. The molecule has 0 atom stereocenters. The van der Waals surface area contributed by atoms with Crippen LogP contribution in [0.3, 0.4) is 0 Å². The molecule has 0 radical (unpaired) electrons. The highest BCUT2D eigenvalue weighted by molar-refractivity contribution is 4.62. The van der Waals surface area contributed by atoms with E-state index in [0.29, 0.717) is 5.41 Å². The Morgan fingerprint density at radius 1 is 0.615 bits per heavy atom. The second-order valence-corrected chi connectivity index (χ2v) is 8.90. The van der Waals surface area contributed by atoms with E-state index >= 15 is 0 Å². The normalized spacial score (nSPS) is 9.92. The lowest BCUT2D eigenvalue weighted by molar-refractivity contribution is 0.0196. The molecule has 2 heteroatoms. The Balaban J connectivity index is -0.0000000486. The SMILES string of the molecule is CC.CC(C)(C)C.CCC.CCC.CCC(C)(C)O.CCC(C)(C)OC. The number of rotatable bonds is 3. The molecule has 0 rings (SSSR count). The van der Waals surface area contributed by atoms with Gasteiger partial charge >= 0.3 is 0 Å². The van der Waals surface area contributed by atoms with Gasteiger partial charge in [-0.15, -0.1) is 0 Å². The lowest BCUT2D eigenvalue weighted by atomic mass is 10.0. The van der Waals surface area contributed by atoms with E-state index in [-0.39, 0.29) is 5.60 Å². The fraction of sp³-hybridized carbons (Fsp3) is 1.00. The number of ether oxygens (including phenoxy) is 1. The van der Waals surface area contributed by atoms with E-state index in [0.717, 1.165) is 12.8 Å². The molecule has 168 valence electrons. The van der Waals surface area contributed by atoms with Crippen molar-refractivity contribution in [2.75, 3.05) is 7.11 Å². The van der Waals surface area contributed by atoms with Crippen molar-refractivity contribution in [3.63, 3.8) is 0 Å². The van der Waals surface area contributed by atoms with Crippen LogP contribution in [0.15, 0.2) is 0 Å². The van der Waals surface area contributed by atoms with Crippen LogP contribution in [-0.4, -0.2) is 23.4 Å². The molecule has 0 spiro atoms. The summed E-state index contributed by atoms with van der Waals surface area (Å²) in [4.78, 5) is 0. The zero-order valence-corrected chi connectivity index (χ0v) is 22.2. The molecule has 0 aliphatic carbocycles. The van der Waals surface area contributed by atoms with Gasteiger partial charge in [-0.3, -0.25) is 0 Å². The summed E-state index contributed by atoms with van der Waals surface area (Å²) in [6.07, 6.45) is 4.40. The first kappa shape index (κ1) is 40.6. The van der Waals surface area contributed by atoms with Gasteiger partial charge in [0.25, 0.3) is 0 Å². The Labute approximate surface area is 170 Å². The Morgan fingerprint density at radius 2 is 0.769 bits per heavy atom. The highest BCUT2D eigenvalue weighted by atomic mass is 16.5. The van der Waals surface area contributed by atoms with Crippen LogP contribution in [0.1, 0.15) is 136 Å². The highest BCUT2D eigenvalue weighted by Crippen LogP contribution is 2.10. The molecule has 0 aromatic carbocycles. The predicted molar refractivity (Wildman–Crippen MR) is 126 cm³/mol. The molecule has 0 aromatic rings. The molecule has 0 bridgehead atoms. The molecule has 1 N–H and O–H groups in total. The van der Waals surface area contributed by atoms with Crippen LogP contribution < -0.4 is 0 Å². The molecule has 0 saturated carbocycles. The monoisotopic (exact) mass is 380 g/mol. The summed E-state index contributed by atoms with van der Waals surface area (Å²) >= 11 is 0. The third-order valence-corrected chi connectivity index (χ3v) is 2.27. The summed E-state index contributed by atoms with van der Waals surface area (Å²) in [6.45, 7) is 33.1. The van der Waals surface area contributed by atoms with Gasteiger partial charge in [0.15, 0.2) is 0 Å². The van der Waals surface area contributed by atoms with E-state index in [1.54, 1.807) is 21.0 Å². The minimum atomic E-state index is -0.458. The van der Waals surface area contributed by atoms with Gasteiger partial charge in [0.2, 0.25) is 0 Å². The maximum Gasteiger partial charge on any atom is 0.0620 e. The highest BCUT2D eigenvalue weighted by Gasteiger charge is 2.10. The van der Waals surface area contributed by atoms with Crippen LogP contribution >= 0.6 is 0 Å². The summed E-state index contributed by atoms with van der Waals surface area (Å²) in [5.41, 5.74) is 0.125. The van der Waals surface area contributed by atoms with Gasteiger partial charge in [-0.1, -0.05) is 95.9 Å². The van der Waals surface area contributed by atoms with E-state index in [1.807, 2.05) is 20.8 Å². The van der Waals surface area contributed by atoms with Crippen molar-refractivity contribution >= 4 is 0 Å². The minimum absolute atomic E-state index is 0.0833. The van der Waals surface area contributed by atoms with Crippen molar-refractivity contribution in [1.82, 2.24) is 0 Å². The van der Waals surface area contributed by atoms with E-state index < -0.39 is 5.60 Å². The van der Waals surface area contributed by atoms with E-state index in [2.05, 4.69) is 76.2 Å². The van der Waals surface area contributed by atoms with Crippen LogP contribution in [-0.2, 0) is 4.74 Å². The Bertz CT molecular complexity index is 181. The molecule has 0 saturated heterocycles. The van der Waals surface area contributed by atoms with E-state index in [9.17, 15) is 0 Å². The third kappa shape index (κ3) is 158. The lowest BCUT2D eigenvalue weighted by Crippen LogP contribution is -2.20. The molecule has 0 heterocycles. The van der Waals surface area contributed by atoms with Crippen molar-refractivity contribution in [1.29, 1.82) is 0 Å². The average molecular weight is 381 g/mol. The molecule has 0 aliphatic heterocycles. The average Bonchev–Trinajstić information content (AvgIpc) is 2.49. The lowest BCUT2D eigenvalue weighted by Gasteiger charge is -2.19. The van der Waals surface area contributed by atoms with Gasteiger partial charge in [0, 0.05) is 7.11 Å². The van der Waals surface area contributed by atoms with Gasteiger partial charge in [0.1, 0.15) is 0 Å². The fourth-order valence-corrected chi connectivity index (χ4v) is 0.144. The number of aliphatic hydroxyl groups is 1. The van der Waals surface area contributed by atoms with Crippen LogP contribution in [0.4, 0.5) is 0 Å². The number of hydrogen-bond acceptors (Lipinski definition) is 2. The summed E-state index contributed by atoms with van der Waals surface area (Å²) in [5.74, 6) is 0. The standard InChI is InChI=1S/C6H14O.C5H12O.C5H12.2C3H8.C2H6/c1-5-6(2,3)7-4;1-4-5(2,3)6;1-5(2,3)4;2*1-3-2;1-2/h5H2,1-4H3;6H,4H2,1-3H3;1-4H3;2*3H2,1-2H3;1-2H3. The first-order chi connectivity index (χ1) is 11.5. The topological polar surface area (TPSA) is 29.5 Å². The van der Waals surface area contributed by atoms with Crippen molar-refractivity contribution in [3.8, 4) is 0 Å². The van der Waals surface area contributed by atoms with Gasteiger partial charge in [-0.05, 0) is 46.0 Å². The Hall–Kier alpha value is -0.0800. The first-order valence-electron chi connectivity index (χ1n) is 10.8. The smallest absolute Gasteiger partial charge is 0.0620 e. The number of methoxy groups -OCH3 is 1. The van der Waals surface area contributed by atoms with Crippen molar-refractivity contribution < 1.29 is 9.84 Å². The van der Waals surface area contributed by atoms with Crippen LogP contribution in [0, 0.1) is 5.41 Å². The van der Waals surface area contributed by atoms with Gasteiger partial charge in [-0.2, -0.15) is 0 Å². The van der Waals surface area contributed by atoms with Crippen molar-refractivity contribution in [3.05, 3.63) is 0 Å². The molecule has 0 unspecified atom stereocenters. The predicted octanol–water partition coefficient (Wildman–Crippen LogP) is 8.90. The molecule has 2 nitrogen and oxygen atoms in total. The van der Waals surface area contributed by atoms with Gasteiger partial charge < -0.3 is 9.84 Å². The van der Waals surface area contributed by atoms with Crippen LogP contribution in [0.5, 0.6) is 0 Å². The summed E-state index contributed by atoms with van der Waals surface area (Å²) in [5, 5.41) is 8.83. The van der Waals surface area contributed by atoms with E-state index in [1.165, 1.54) is 12.8 Å². The minimum Gasteiger partial charge on any atom is -0.390 e. The molecule has 0 fully saturated rings. The third-order valence-electron chi connectivity index (χ3n) is 2.27. The molecular weight excluding hydrogens is 320 g/mol. The molecular formula is C24H60O2. The second-order valence-electron chi connectivity index (χ2n) is 8.90. The van der Waals surface area contributed by atoms with Crippen molar-refractivity contribution in [2.45, 2.75) is 148 Å². The number of hydrogen-bond donors (Lipinski definition) is 1. The molecule has 26 heavy (non-hydrogen) atoms. The molecule has 0 aliphatic rings. The zero-order chi connectivity index (χ0) is 23.0. The van der Waals surface area contributed by atoms with Gasteiger partial charge in [-0.25, -0.2) is 0 Å². The van der Waals surface area contributed by atoms with Crippen LogP contribution in [0.25, 0.3) is 0 Å². The molecule has 0 amide bonds. The second kappa shape index (κ2) is 27.1. The fourth-order valence-electron chi connectivity index (χ4n) is 0.144. The first-order valence-corrected chi connectivity index (χ1v) is 10.8. The zero-order valence-electron chi connectivity index (χ0n) is 22.2. The summed E-state index contributed by atoms with van der Waals surface area (Å²) in [6, 6.07) is 0. The van der Waals surface area contributed by atoms with Crippen LogP contribution in [0.2, 0.25) is 0 Å². The molecule has 0 aromatic heterocycles. The maximum absolute atomic E-state index is 8.83. The summed E-state index contributed by atoms with van der Waals surface area (Å²) < 4.78 is 5.09. The maximum atomic E-state index is 8.83.